The van der Waals surface area contributed by atoms with Crippen molar-refractivity contribution < 1.29 is 5.11 Å². The summed E-state index contributed by atoms with van der Waals surface area (Å²) >= 11 is 0. The van der Waals surface area contributed by atoms with E-state index in [9.17, 15) is 0 Å². The van der Waals surface area contributed by atoms with Gasteiger partial charge in [0.15, 0.2) is 0 Å². The fraction of sp³-hybridized carbons (Fsp3) is 0.621. The second kappa shape index (κ2) is 61.4. The van der Waals surface area contributed by atoms with Gasteiger partial charge in [0.1, 0.15) is 0 Å². The Kier molecular flexibility index (Phi) is 58.4. The first-order chi connectivity index (χ1) is 45.9. The lowest BCUT2D eigenvalue weighted by molar-refractivity contribution is 0.259. The van der Waals surface area contributed by atoms with Crippen LogP contribution in [0.1, 0.15) is 376 Å². The molecule has 542 valence electrons. The average Bonchev–Trinajstić information content (AvgIpc) is 3.73. The maximum atomic E-state index is 9.11. The molecule has 1 unspecified atom stereocenters. The number of hydrogen-bond donors (Lipinski definition) is 1. The van der Waals surface area contributed by atoms with Crippen LogP contribution in [0.2, 0.25) is 0 Å². The van der Waals surface area contributed by atoms with Crippen LogP contribution in [0.5, 0.6) is 0 Å². The fourth-order valence-electron chi connectivity index (χ4n) is 12.0. The zero-order valence-corrected chi connectivity index (χ0v) is 67.3. The normalized spacial score (nSPS) is 15.4. The van der Waals surface area contributed by atoms with Crippen molar-refractivity contribution in [1.82, 2.24) is 0 Å². The van der Waals surface area contributed by atoms with Crippen molar-refractivity contribution in [3.8, 4) is 0 Å². The van der Waals surface area contributed by atoms with Gasteiger partial charge in [-0.15, -0.1) is 0 Å². The lowest BCUT2D eigenvalue weighted by Gasteiger charge is -2.07. The molecular formula is C95H156O. The van der Waals surface area contributed by atoms with Crippen LogP contribution in [0.4, 0.5) is 0 Å². The first-order valence-corrected chi connectivity index (χ1v) is 39.3. The number of hydrogen-bond acceptors (Lipinski definition) is 1. The van der Waals surface area contributed by atoms with Gasteiger partial charge in [0.2, 0.25) is 0 Å². The largest absolute Gasteiger partial charge is 0.396 e. The third-order valence-corrected chi connectivity index (χ3v) is 19.4. The predicted molar refractivity (Wildman–Crippen MR) is 440 cm³/mol. The minimum Gasteiger partial charge on any atom is -0.396 e. The number of rotatable bonds is 56. The molecule has 0 saturated carbocycles. The highest BCUT2D eigenvalue weighted by atomic mass is 16.3. The van der Waals surface area contributed by atoms with Crippen LogP contribution >= 0.6 is 0 Å². The number of allylic oxidation sites excluding steroid dienone is 36. The summed E-state index contributed by atoms with van der Waals surface area (Å²) in [6, 6.07) is 0. The molecule has 1 heteroatoms. The molecule has 0 aliphatic heterocycles. The van der Waals surface area contributed by atoms with Crippen LogP contribution in [0.15, 0.2) is 210 Å². The van der Waals surface area contributed by atoms with Crippen molar-refractivity contribution in [2.45, 2.75) is 376 Å². The molecule has 0 aromatic carbocycles. The molecule has 0 rings (SSSR count). The zero-order valence-electron chi connectivity index (χ0n) is 67.3. The summed E-state index contributed by atoms with van der Waals surface area (Å²) in [6.07, 6.45) is 87.0. The van der Waals surface area contributed by atoms with E-state index in [-0.39, 0.29) is 0 Å². The Morgan fingerprint density at radius 1 is 0.177 bits per heavy atom. The molecule has 0 spiro atoms. The van der Waals surface area contributed by atoms with Crippen molar-refractivity contribution >= 4 is 0 Å². The molecule has 0 radical (unpaired) electrons. The van der Waals surface area contributed by atoms with Crippen LogP contribution in [0, 0.1) is 5.92 Å². The third kappa shape index (κ3) is 61.6. The molecule has 0 aromatic rings. The molecule has 0 aliphatic rings. The van der Waals surface area contributed by atoms with Crippen molar-refractivity contribution in [2.24, 2.45) is 5.92 Å². The minimum absolute atomic E-state index is 0.309. The lowest BCUT2D eigenvalue weighted by Crippen LogP contribution is -1.97. The molecule has 0 saturated heterocycles. The van der Waals surface area contributed by atoms with Crippen LogP contribution < -0.4 is 0 Å². The predicted octanol–water partition coefficient (Wildman–Crippen LogP) is 32.1. The van der Waals surface area contributed by atoms with Crippen molar-refractivity contribution in [2.75, 3.05) is 6.61 Å². The van der Waals surface area contributed by atoms with Gasteiger partial charge in [-0.3, -0.25) is 0 Å². The Hall–Kier alpha value is -4.72. The summed E-state index contributed by atoms with van der Waals surface area (Å²) in [6.45, 7) is 46.2. The number of aliphatic hydroxyl groups excluding tert-OH is 1. The van der Waals surface area contributed by atoms with E-state index >= 15 is 0 Å². The molecule has 1 atom stereocenters. The number of aliphatic hydroxyl groups is 1. The second-order valence-electron chi connectivity index (χ2n) is 30.5. The van der Waals surface area contributed by atoms with Crippen LogP contribution in [-0.4, -0.2) is 11.7 Å². The van der Waals surface area contributed by atoms with Crippen molar-refractivity contribution in [3.63, 3.8) is 0 Å². The van der Waals surface area contributed by atoms with Crippen LogP contribution in [-0.2, 0) is 0 Å². The molecule has 1 N–H and O–H groups in total. The molecule has 0 aliphatic carbocycles. The van der Waals surface area contributed by atoms with Gasteiger partial charge in [-0.25, -0.2) is 0 Å². The SMILES string of the molecule is CC(C)=CCC/C(C)=C/CC/C(C)=C/CC/C(C)=C/CC/C(C)=C/CC/C(C)=C/CC/C(C)=C\CC/C(C)=C/CC/C(C)=C/CC/C(C)=C/CC/C(C)=C/CC/C(C)=C/CC/C(C)=C/CC/C(C)=C/CC/C(C)=C/CC/C(C)=C/CC/C(C)=C\CC/C(C)=C/CCC(C)CCO. The van der Waals surface area contributed by atoms with E-state index in [0.29, 0.717) is 12.5 Å². The quantitative estimate of drug-likeness (QED) is 0.0602. The summed E-state index contributed by atoms with van der Waals surface area (Å²) < 4.78 is 0. The molecule has 0 bridgehead atoms. The van der Waals surface area contributed by atoms with Crippen LogP contribution in [0.3, 0.4) is 0 Å². The fourth-order valence-corrected chi connectivity index (χ4v) is 12.0. The summed E-state index contributed by atoms with van der Waals surface area (Å²) in [4.78, 5) is 0. The minimum atomic E-state index is 0.309. The Morgan fingerprint density at radius 3 is 0.406 bits per heavy atom. The first kappa shape index (κ1) is 91.3. The zero-order chi connectivity index (χ0) is 71.6. The Labute approximate surface area is 599 Å². The molecule has 0 amide bonds. The Morgan fingerprint density at radius 2 is 0.292 bits per heavy atom. The first-order valence-electron chi connectivity index (χ1n) is 39.3. The highest BCUT2D eigenvalue weighted by molar-refractivity contribution is 5.15. The maximum Gasteiger partial charge on any atom is 0.0433 e. The summed E-state index contributed by atoms with van der Waals surface area (Å²) in [5.74, 6) is 0.611. The van der Waals surface area contributed by atoms with E-state index in [1.54, 1.807) is 0 Å². The van der Waals surface area contributed by atoms with Gasteiger partial charge < -0.3 is 5.11 Å². The third-order valence-electron chi connectivity index (χ3n) is 19.4. The van der Waals surface area contributed by atoms with E-state index in [0.717, 1.165) is 122 Å². The summed E-state index contributed by atoms with van der Waals surface area (Å²) in [7, 11) is 0. The standard InChI is InChI=1S/C95H156O/c1-77(2)39-21-40-78(3)41-22-42-79(4)43-23-44-80(5)45-24-46-81(6)47-25-48-82(7)49-26-50-83(8)51-27-52-84(9)53-28-54-85(10)55-29-56-86(11)57-30-58-87(12)59-31-60-88(13)61-32-62-89(14)63-33-64-90(15)65-34-66-91(16)67-35-68-92(17)69-36-70-93(18)71-37-72-94(19)73-38-74-95(20)75-76-96/h39,41,43,45,47,49,51,53,55,57,59,61,63,65,67,69,71,73,95-96H,21-38,40,42,44,46,48,50,52,54,56,58,60,62,64,66,68,70,72,74-76H2,1-20H3/b78-41+,79-43+,80-45+,81-47+,82-49+,83-51-,84-53+,85-55+,86-57+,87-59+,88-61+,89-63+,90-65+,91-67+,92-69+,93-71-,94-73+. The topological polar surface area (TPSA) is 20.2 Å². The van der Waals surface area contributed by atoms with Crippen LogP contribution in [0.25, 0.3) is 0 Å². The maximum absolute atomic E-state index is 9.11. The smallest absolute Gasteiger partial charge is 0.0433 e. The van der Waals surface area contributed by atoms with Gasteiger partial charge in [0.05, 0.1) is 0 Å². The second-order valence-corrected chi connectivity index (χ2v) is 30.5. The van der Waals surface area contributed by atoms with E-state index in [2.05, 4.69) is 248 Å². The summed E-state index contributed by atoms with van der Waals surface area (Å²) in [5.41, 5.74) is 27.4. The van der Waals surface area contributed by atoms with Crippen molar-refractivity contribution in [1.29, 1.82) is 0 Å². The van der Waals surface area contributed by atoms with E-state index in [1.165, 1.54) is 216 Å². The van der Waals surface area contributed by atoms with Gasteiger partial charge in [0.25, 0.3) is 0 Å². The lowest BCUT2D eigenvalue weighted by atomic mass is 10.0. The molecule has 96 heavy (non-hydrogen) atoms. The molecule has 0 heterocycles. The van der Waals surface area contributed by atoms with Crippen molar-refractivity contribution in [3.05, 3.63) is 210 Å². The van der Waals surface area contributed by atoms with Gasteiger partial charge >= 0.3 is 0 Å². The van der Waals surface area contributed by atoms with E-state index < -0.39 is 0 Å². The molecule has 1 nitrogen and oxygen atoms in total. The summed E-state index contributed by atoms with van der Waals surface area (Å²) in [5, 5.41) is 9.11. The molecule has 0 fully saturated rings. The molecular weight excluding hydrogens is 1160 g/mol. The average molecular weight is 1310 g/mol. The van der Waals surface area contributed by atoms with E-state index in [1.807, 2.05) is 0 Å². The monoisotopic (exact) mass is 1310 g/mol. The van der Waals surface area contributed by atoms with Gasteiger partial charge in [-0.05, 0) is 375 Å². The highest BCUT2D eigenvalue weighted by Crippen LogP contribution is 2.23. The Bertz CT molecular complexity index is 2680. The van der Waals surface area contributed by atoms with Gasteiger partial charge in [-0.2, -0.15) is 0 Å². The van der Waals surface area contributed by atoms with E-state index in [4.69, 9.17) is 5.11 Å². The van der Waals surface area contributed by atoms with Gasteiger partial charge in [0, 0.05) is 6.61 Å². The highest BCUT2D eigenvalue weighted by Gasteiger charge is 2.03. The Balaban J connectivity index is 4.35. The van der Waals surface area contributed by atoms with Gasteiger partial charge in [-0.1, -0.05) is 217 Å². The molecule has 0 aromatic heterocycles.